The Morgan fingerprint density at radius 1 is 1.14 bits per heavy atom. The first-order valence-electron chi connectivity index (χ1n) is 7.35. The summed E-state index contributed by atoms with van der Waals surface area (Å²) >= 11 is 0. The smallest absolute Gasteiger partial charge is 0.235 e. The minimum Gasteiger partial charge on any atom is -0.323 e. The third-order valence-corrected chi connectivity index (χ3v) is 4.39. The molecule has 0 unspecified atom stereocenters. The van der Waals surface area contributed by atoms with Crippen molar-refractivity contribution in [3.05, 3.63) is 65.2 Å². The molecular formula is C18H17F2NO. The molecule has 0 bridgehead atoms. The maximum absolute atomic E-state index is 13.9. The van der Waals surface area contributed by atoms with Gasteiger partial charge in [0.15, 0.2) is 0 Å². The topological polar surface area (TPSA) is 29.1 Å². The van der Waals surface area contributed by atoms with Gasteiger partial charge in [0.25, 0.3) is 0 Å². The maximum Gasteiger partial charge on any atom is 0.235 e. The summed E-state index contributed by atoms with van der Waals surface area (Å²) in [6.07, 6.45) is 2.20. The van der Waals surface area contributed by atoms with Crippen LogP contribution in [0.2, 0.25) is 0 Å². The van der Waals surface area contributed by atoms with Crippen molar-refractivity contribution in [2.45, 2.75) is 31.6 Å². The van der Waals surface area contributed by atoms with Crippen molar-refractivity contribution in [2.75, 3.05) is 5.32 Å². The quantitative estimate of drug-likeness (QED) is 0.898. The zero-order valence-electron chi connectivity index (χ0n) is 12.3. The number of amides is 1. The molecule has 3 rings (SSSR count). The van der Waals surface area contributed by atoms with Crippen LogP contribution in [0.15, 0.2) is 42.5 Å². The molecular weight excluding hydrogens is 284 g/mol. The number of hydrogen-bond donors (Lipinski definition) is 1. The van der Waals surface area contributed by atoms with Crippen molar-refractivity contribution >= 4 is 11.6 Å². The molecule has 2 aromatic carbocycles. The van der Waals surface area contributed by atoms with Crippen LogP contribution in [0.3, 0.4) is 0 Å². The Kier molecular flexibility index (Phi) is 3.69. The van der Waals surface area contributed by atoms with Crippen LogP contribution < -0.4 is 5.32 Å². The zero-order chi connectivity index (χ0) is 15.7. The van der Waals surface area contributed by atoms with E-state index >= 15 is 0 Å². The third-order valence-electron chi connectivity index (χ3n) is 4.39. The number of aryl methyl sites for hydroxylation is 1. The maximum atomic E-state index is 13.9. The molecule has 0 spiro atoms. The number of nitrogens with one attached hydrogen (secondary N) is 1. The van der Waals surface area contributed by atoms with Crippen LogP contribution in [0.5, 0.6) is 0 Å². The van der Waals surface area contributed by atoms with Crippen LogP contribution in [-0.4, -0.2) is 5.91 Å². The molecule has 1 N–H and O–H groups in total. The zero-order valence-corrected chi connectivity index (χ0v) is 12.3. The molecule has 4 heteroatoms. The monoisotopic (exact) mass is 301 g/mol. The molecule has 1 saturated carbocycles. The number of benzene rings is 2. The molecule has 0 atom stereocenters. The number of rotatable bonds is 3. The summed E-state index contributed by atoms with van der Waals surface area (Å²) in [7, 11) is 0. The van der Waals surface area contributed by atoms with E-state index in [1.165, 1.54) is 18.2 Å². The van der Waals surface area contributed by atoms with Crippen molar-refractivity contribution in [2.24, 2.45) is 0 Å². The van der Waals surface area contributed by atoms with Crippen molar-refractivity contribution in [1.82, 2.24) is 0 Å². The second-order valence-electron chi connectivity index (χ2n) is 5.88. The highest BCUT2D eigenvalue weighted by Gasteiger charge is 2.45. The van der Waals surface area contributed by atoms with Crippen LogP contribution in [0.25, 0.3) is 0 Å². The lowest BCUT2D eigenvalue weighted by molar-refractivity contribution is -0.124. The van der Waals surface area contributed by atoms with Gasteiger partial charge in [0, 0.05) is 0 Å². The fraction of sp³-hybridized carbons (Fsp3) is 0.278. The van der Waals surface area contributed by atoms with Gasteiger partial charge >= 0.3 is 0 Å². The van der Waals surface area contributed by atoms with E-state index in [1.54, 1.807) is 31.2 Å². The highest BCUT2D eigenvalue weighted by atomic mass is 19.1. The summed E-state index contributed by atoms with van der Waals surface area (Å²) < 4.78 is 27.4. The SMILES string of the molecule is Cc1ccc(NC(=O)C2(c3cccc(F)c3)CCC2)c(F)c1. The molecule has 22 heavy (non-hydrogen) atoms. The predicted molar refractivity (Wildman–Crippen MR) is 81.7 cm³/mol. The van der Waals surface area contributed by atoms with Gasteiger partial charge in [-0.3, -0.25) is 4.79 Å². The molecule has 2 aromatic rings. The van der Waals surface area contributed by atoms with Crippen LogP contribution in [0, 0.1) is 18.6 Å². The van der Waals surface area contributed by atoms with Gasteiger partial charge < -0.3 is 5.32 Å². The lowest BCUT2D eigenvalue weighted by Gasteiger charge is -2.40. The highest BCUT2D eigenvalue weighted by molar-refractivity contribution is 6.00. The van der Waals surface area contributed by atoms with Crippen LogP contribution >= 0.6 is 0 Å². The number of carbonyl (C=O) groups excluding carboxylic acids is 1. The molecule has 0 saturated heterocycles. The van der Waals surface area contributed by atoms with Gasteiger partial charge in [-0.2, -0.15) is 0 Å². The number of anilines is 1. The van der Waals surface area contributed by atoms with E-state index in [1.807, 2.05) is 0 Å². The Balaban J connectivity index is 1.89. The summed E-state index contributed by atoms with van der Waals surface area (Å²) in [6, 6.07) is 10.8. The number of hydrogen-bond acceptors (Lipinski definition) is 1. The molecule has 1 amide bonds. The molecule has 0 radical (unpaired) electrons. The van der Waals surface area contributed by atoms with Crippen molar-refractivity contribution in [3.63, 3.8) is 0 Å². The van der Waals surface area contributed by atoms with Gasteiger partial charge in [-0.15, -0.1) is 0 Å². The fourth-order valence-corrected chi connectivity index (χ4v) is 2.93. The first-order valence-corrected chi connectivity index (χ1v) is 7.35. The molecule has 2 nitrogen and oxygen atoms in total. The Labute approximate surface area is 128 Å². The van der Waals surface area contributed by atoms with Gasteiger partial charge in [0.05, 0.1) is 11.1 Å². The van der Waals surface area contributed by atoms with E-state index in [4.69, 9.17) is 0 Å². The predicted octanol–water partition coefficient (Wildman–Crippen LogP) is 4.33. The number of halogens is 2. The fourth-order valence-electron chi connectivity index (χ4n) is 2.93. The van der Waals surface area contributed by atoms with Crippen LogP contribution in [0.4, 0.5) is 14.5 Å². The van der Waals surface area contributed by atoms with E-state index in [-0.39, 0.29) is 17.4 Å². The summed E-state index contributed by atoms with van der Waals surface area (Å²) in [6.45, 7) is 1.79. The molecule has 0 aromatic heterocycles. The third kappa shape index (κ3) is 2.49. The van der Waals surface area contributed by atoms with Gasteiger partial charge in [0.2, 0.25) is 5.91 Å². The normalized spacial score (nSPS) is 16.0. The molecule has 1 fully saturated rings. The van der Waals surface area contributed by atoms with E-state index in [9.17, 15) is 13.6 Å². The first-order chi connectivity index (χ1) is 10.5. The Hall–Kier alpha value is -2.23. The minimum atomic E-state index is -0.751. The Bertz CT molecular complexity index is 723. The van der Waals surface area contributed by atoms with Crippen molar-refractivity contribution in [1.29, 1.82) is 0 Å². The lowest BCUT2D eigenvalue weighted by atomic mass is 9.63. The van der Waals surface area contributed by atoms with Crippen molar-refractivity contribution < 1.29 is 13.6 Å². The summed E-state index contributed by atoms with van der Waals surface area (Å²) in [4.78, 5) is 12.7. The summed E-state index contributed by atoms with van der Waals surface area (Å²) in [5.41, 5.74) is 0.861. The summed E-state index contributed by atoms with van der Waals surface area (Å²) in [5.74, 6) is -1.09. The lowest BCUT2D eigenvalue weighted by Crippen LogP contribution is -2.46. The van der Waals surface area contributed by atoms with E-state index in [0.717, 1.165) is 12.0 Å². The molecule has 1 aliphatic carbocycles. The average molecular weight is 301 g/mol. The molecule has 114 valence electrons. The van der Waals surface area contributed by atoms with Crippen molar-refractivity contribution in [3.8, 4) is 0 Å². The van der Waals surface area contributed by atoms with Gasteiger partial charge in [0.1, 0.15) is 11.6 Å². The standard InChI is InChI=1S/C18H17F2NO/c1-12-6-7-16(15(20)10-12)21-17(22)18(8-3-9-18)13-4-2-5-14(19)11-13/h2,4-7,10-11H,3,8-9H2,1H3,(H,21,22). The Morgan fingerprint density at radius 3 is 2.50 bits per heavy atom. The molecule has 0 aliphatic heterocycles. The minimum absolute atomic E-state index is 0.165. The van der Waals surface area contributed by atoms with Crippen LogP contribution in [-0.2, 0) is 10.2 Å². The van der Waals surface area contributed by atoms with E-state index in [0.29, 0.717) is 18.4 Å². The Morgan fingerprint density at radius 2 is 1.91 bits per heavy atom. The first kappa shape index (κ1) is 14.7. The average Bonchev–Trinajstić information content (AvgIpc) is 2.41. The van der Waals surface area contributed by atoms with Gasteiger partial charge in [-0.1, -0.05) is 24.6 Å². The number of carbonyl (C=O) groups is 1. The molecule has 1 aliphatic rings. The largest absolute Gasteiger partial charge is 0.323 e. The highest BCUT2D eigenvalue weighted by Crippen LogP contribution is 2.44. The van der Waals surface area contributed by atoms with Gasteiger partial charge in [-0.05, 0) is 55.2 Å². The van der Waals surface area contributed by atoms with E-state index in [2.05, 4.69) is 5.32 Å². The van der Waals surface area contributed by atoms with Gasteiger partial charge in [-0.25, -0.2) is 8.78 Å². The summed E-state index contributed by atoms with van der Waals surface area (Å²) in [5, 5.41) is 2.66. The van der Waals surface area contributed by atoms with E-state index < -0.39 is 11.2 Å². The second-order valence-corrected chi connectivity index (χ2v) is 5.88. The second kappa shape index (κ2) is 5.52. The molecule has 0 heterocycles. The van der Waals surface area contributed by atoms with Crippen LogP contribution in [0.1, 0.15) is 30.4 Å².